The summed E-state index contributed by atoms with van der Waals surface area (Å²) < 4.78 is 0. The topological polar surface area (TPSA) is 107 Å². The molecule has 0 saturated heterocycles. The minimum absolute atomic E-state index is 0.204. The molecule has 0 fully saturated rings. The normalized spacial score (nSPS) is 11.9. The Hall–Kier alpha value is -2.41. The zero-order valence-corrected chi connectivity index (χ0v) is 15.5. The molecule has 6 nitrogen and oxygen atoms in total. The molecule has 0 aliphatic carbocycles. The van der Waals surface area contributed by atoms with Crippen LogP contribution in [0.2, 0.25) is 0 Å². The summed E-state index contributed by atoms with van der Waals surface area (Å²) in [5.41, 5.74) is 2.70. The standard InChI is InChI=1S/C20H25NO3.H3NO/c1-20(2,3)21(19(23)24)18(14-22)13-15-9-11-17(12-10-15)16-7-5-4-6-8-16;1-2/h4-12,18,22H,13-14H2,1-3H3,(H,23,24);2H,1H2/t18-;/m1./s1. The monoisotopic (exact) mass is 360 g/mol. The van der Waals surface area contributed by atoms with E-state index in [1.165, 1.54) is 4.90 Å². The minimum Gasteiger partial charge on any atom is -0.465 e. The molecule has 0 aliphatic heterocycles. The van der Waals surface area contributed by atoms with E-state index in [1.807, 2.05) is 63.2 Å². The molecule has 0 spiro atoms. The van der Waals surface area contributed by atoms with Crippen molar-refractivity contribution in [3.05, 3.63) is 60.2 Å². The van der Waals surface area contributed by atoms with Crippen molar-refractivity contribution in [3.8, 4) is 11.1 Å². The lowest BCUT2D eigenvalue weighted by Gasteiger charge is -2.39. The molecule has 2 aromatic rings. The molecule has 1 atom stereocenters. The number of nitrogens with two attached hydrogens (primary N) is 1. The molecule has 1 amide bonds. The zero-order valence-electron chi connectivity index (χ0n) is 15.5. The van der Waals surface area contributed by atoms with Crippen molar-refractivity contribution in [2.45, 2.75) is 38.8 Å². The smallest absolute Gasteiger partial charge is 0.408 e. The van der Waals surface area contributed by atoms with E-state index in [9.17, 15) is 15.0 Å². The zero-order chi connectivity index (χ0) is 19.7. The highest BCUT2D eigenvalue weighted by molar-refractivity contribution is 5.67. The van der Waals surface area contributed by atoms with E-state index < -0.39 is 17.7 Å². The Kier molecular flexibility index (Phi) is 8.25. The minimum atomic E-state index is -1.01. The van der Waals surface area contributed by atoms with Gasteiger partial charge in [0.15, 0.2) is 0 Å². The maximum atomic E-state index is 11.6. The van der Waals surface area contributed by atoms with Crippen LogP contribution in [0.3, 0.4) is 0 Å². The number of aliphatic hydroxyl groups excluding tert-OH is 1. The second-order valence-corrected chi connectivity index (χ2v) is 6.93. The van der Waals surface area contributed by atoms with Crippen LogP contribution < -0.4 is 5.90 Å². The molecule has 6 heteroatoms. The average molecular weight is 360 g/mol. The van der Waals surface area contributed by atoms with Crippen LogP contribution in [0, 0.1) is 0 Å². The van der Waals surface area contributed by atoms with Crippen LogP contribution in [-0.2, 0) is 6.42 Å². The molecule has 5 N–H and O–H groups in total. The average Bonchev–Trinajstić information content (AvgIpc) is 2.62. The SMILES string of the molecule is CC(C)(C)N(C(=O)O)[C@@H](CO)Cc1ccc(-c2ccccc2)cc1.NO. The Morgan fingerprint density at radius 3 is 1.92 bits per heavy atom. The van der Waals surface area contributed by atoms with Crippen LogP contribution in [0.1, 0.15) is 26.3 Å². The molecule has 2 rings (SSSR count). The van der Waals surface area contributed by atoms with Gasteiger partial charge in [-0.1, -0.05) is 54.6 Å². The van der Waals surface area contributed by atoms with E-state index in [-0.39, 0.29) is 6.61 Å². The fraction of sp³-hybridized carbons (Fsp3) is 0.350. The summed E-state index contributed by atoms with van der Waals surface area (Å²) in [6.07, 6.45) is -0.530. The van der Waals surface area contributed by atoms with Gasteiger partial charge in [0.25, 0.3) is 0 Å². The molecule has 2 aromatic carbocycles. The van der Waals surface area contributed by atoms with Crippen molar-refractivity contribution < 1.29 is 20.2 Å². The van der Waals surface area contributed by atoms with Crippen molar-refractivity contribution >= 4 is 6.09 Å². The first-order chi connectivity index (χ1) is 12.3. The summed E-state index contributed by atoms with van der Waals surface area (Å²) in [6, 6.07) is 17.7. The van der Waals surface area contributed by atoms with Crippen LogP contribution in [0.5, 0.6) is 0 Å². The molecule has 0 saturated carbocycles. The molecule has 142 valence electrons. The number of carboxylic acid groups (broad SMARTS) is 1. The first-order valence-electron chi connectivity index (χ1n) is 8.36. The molecule has 0 bridgehead atoms. The number of nitrogens with zero attached hydrogens (tertiary/aromatic N) is 1. The van der Waals surface area contributed by atoms with E-state index in [1.54, 1.807) is 0 Å². The fourth-order valence-corrected chi connectivity index (χ4v) is 2.96. The summed E-state index contributed by atoms with van der Waals surface area (Å²) in [7, 11) is 0. The first-order valence-corrected chi connectivity index (χ1v) is 8.36. The first kappa shape index (κ1) is 21.6. The van der Waals surface area contributed by atoms with Gasteiger partial charge in [-0.2, -0.15) is 0 Å². The van der Waals surface area contributed by atoms with Gasteiger partial charge in [0.05, 0.1) is 12.6 Å². The second kappa shape index (κ2) is 9.91. The summed E-state index contributed by atoms with van der Waals surface area (Å²) in [5.74, 6) is 3.50. The molecule has 0 radical (unpaired) electrons. The number of rotatable bonds is 5. The van der Waals surface area contributed by atoms with Crippen LogP contribution >= 0.6 is 0 Å². The van der Waals surface area contributed by atoms with Crippen molar-refractivity contribution in [1.29, 1.82) is 0 Å². The third-order valence-corrected chi connectivity index (χ3v) is 4.04. The molecule has 0 aromatic heterocycles. The number of hydrogen-bond acceptors (Lipinski definition) is 4. The van der Waals surface area contributed by atoms with Crippen LogP contribution in [-0.4, -0.2) is 44.6 Å². The number of carbonyl (C=O) groups is 1. The van der Waals surface area contributed by atoms with E-state index in [4.69, 9.17) is 5.21 Å². The summed E-state index contributed by atoms with van der Waals surface area (Å²) in [6.45, 7) is 5.30. The van der Waals surface area contributed by atoms with E-state index in [0.717, 1.165) is 16.7 Å². The van der Waals surface area contributed by atoms with Gasteiger partial charge in [0.2, 0.25) is 0 Å². The highest BCUT2D eigenvalue weighted by atomic mass is 16.4. The van der Waals surface area contributed by atoms with Gasteiger partial charge < -0.3 is 15.4 Å². The molecular weight excluding hydrogens is 332 g/mol. The van der Waals surface area contributed by atoms with E-state index in [2.05, 4.69) is 18.0 Å². The van der Waals surface area contributed by atoms with Crippen LogP contribution in [0.25, 0.3) is 11.1 Å². The predicted octanol–water partition coefficient (Wildman–Crippen LogP) is 3.37. The molecule has 26 heavy (non-hydrogen) atoms. The third-order valence-electron chi connectivity index (χ3n) is 4.04. The largest absolute Gasteiger partial charge is 0.465 e. The van der Waals surface area contributed by atoms with E-state index in [0.29, 0.717) is 6.42 Å². The predicted molar refractivity (Wildman–Crippen MR) is 102 cm³/mol. The summed E-state index contributed by atoms with van der Waals surface area (Å²) in [5, 5.41) is 25.7. The van der Waals surface area contributed by atoms with Gasteiger partial charge in [-0.25, -0.2) is 10.7 Å². The highest BCUT2D eigenvalue weighted by Gasteiger charge is 2.32. The molecule has 0 heterocycles. The maximum absolute atomic E-state index is 11.6. The Labute approximate surface area is 154 Å². The number of amides is 1. The van der Waals surface area contributed by atoms with Gasteiger partial charge in [-0.3, -0.25) is 4.90 Å². The van der Waals surface area contributed by atoms with Crippen LogP contribution in [0.4, 0.5) is 4.79 Å². The van der Waals surface area contributed by atoms with Gasteiger partial charge in [-0.05, 0) is 43.9 Å². The lowest BCUT2D eigenvalue weighted by molar-refractivity contribution is 0.0465. The number of aliphatic hydroxyl groups is 1. The Bertz CT molecular complexity index is 666. The lowest BCUT2D eigenvalue weighted by atomic mass is 9.97. The van der Waals surface area contributed by atoms with Gasteiger partial charge in [0.1, 0.15) is 0 Å². The third kappa shape index (κ3) is 5.84. The lowest BCUT2D eigenvalue weighted by Crippen LogP contribution is -2.53. The second-order valence-electron chi connectivity index (χ2n) is 6.93. The summed E-state index contributed by atoms with van der Waals surface area (Å²) in [4.78, 5) is 12.9. The fourth-order valence-electron chi connectivity index (χ4n) is 2.96. The number of hydrogen-bond donors (Lipinski definition) is 4. The quantitative estimate of drug-likeness (QED) is 0.612. The van der Waals surface area contributed by atoms with E-state index >= 15 is 0 Å². The van der Waals surface area contributed by atoms with Crippen molar-refractivity contribution in [2.75, 3.05) is 6.61 Å². The van der Waals surface area contributed by atoms with Crippen molar-refractivity contribution in [2.24, 2.45) is 5.90 Å². The maximum Gasteiger partial charge on any atom is 0.408 e. The van der Waals surface area contributed by atoms with Gasteiger partial charge in [-0.15, -0.1) is 0 Å². The van der Waals surface area contributed by atoms with Crippen molar-refractivity contribution in [1.82, 2.24) is 4.90 Å². The van der Waals surface area contributed by atoms with Crippen molar-refractivity contribution in [3.63, 3.8) is 0 Å². The number of benzene rings is 2. The molecule has 0 unspecified atom stereocenters. The van der Waals surface area contributed by atoms with Crippen LogP contribution in [0.15, 0.2) is 54.6 Å². The summed E-state index contributed by atoms with van der Waals surface area (Å²) >= 11 is 0. The van der Waals surface area contributed by atoms with Gasteiger partial charge >= 0.3 is 6.09 Å². The highest BCUT2D eigenvalue weighted by Crippen LogP contribution is 2.23. The Morgan fingerprint density at radius 1 is 1.00 bits per heavy atom. The Morgan fingerprint density at radius 2 is 1.50 bits per heavy atom. The Balaban J connectivity index is 0.00000163. The van der Waals surface area contributed by atoms with Gasteiger partial charge in [0, 0.05) is 5.54 Å². The molecule has 0 aliphatic rings. The molecular formula is C20H28N2O4.